The first-order valence-corrected chi connectivity index (χ1v) is 4.87. The van der Waals surface area contributed by atoms with Gasteiger partial charge in [-0.3, -0.25) is 9.78 Å². The molecule has 0 aliphatic rings. The van der Waals surface area contributed by atoms with Crippen LogP contribution in [0.5, 0.6) is 0 Å². The molecule has 0 saturated carbocycles. The third kappa shape index (κ3) is 3.67. The number of nitrogens with two attached hydrogens (primary N) is 1. The van der Waals surface area contributed by atoms with Crippen LogP contribution in [-0.4, -0.2) is 24.1 Å². The minimum Gasteiger partial charge on any atom is -0.468 e. The van der Waals surface area contributed by atoms with Crippen molar-refractivity contribution in [1.29, 1.82) is 0 Å². The second kappa shape index (κ2) is 5.46. The van der Waals surface area contributed by atoms with Gasteiger partial charge in [-0.25, -0.2) is 0 Å². The molecule has 1 unspecified atom stereocenters. The van der Waals surface area contributed by atoms with Gasteiger partial charge < -0.3 is 10.5 Å². The van der Waals surface area contributed by atoms with Crippen molar-refractivity contribution in [2.24, 2.45) is 5.73 Å². The number of esters is 1. The molecule has 1 heterocycles. The van der Waals surface area contributed by atoms with Crippen LogP contribution in [-0.2, 0) is 16.0 Å². The van der Waals surface area contributed by atoms with Crippen molar-refractivity contribution in [3.63, 3.8) is 0 Å². The number of hydrogen-bond donors (Lipinski definition) is 1. The van der Waals surface area contributed by atoms with E-state index < -0.39 is 6.04 Å². The molecule has 0 fully saturated rings. The number of aryl methyl sites for hydroxylation is 2. The molecule has 1 aromatic heterocycles. The molecule has 0 saturated heterocycles. The fourth-order valence-corrected chi connectivity index (χ4v) is 1.35. The normalized spacial score (nSPS) is 12.2. The summed E-state index contributed by atoms with van der Waals surface area (Å²) in [5, 5.41) is 0. The highest BCUT2D eigenvalue weighted by atomic mass is 16.5. The fraction of sp³-hybridized carbons (Fsp3) is 0.455. The van der Waals surface area contributed by atoms with Gasteiger partial charge in [-0.2, -0.15) is 0 Å². The minimum atomic E-state index is -0.546. The number of carbonyl (C=O) groups is 1. The molecule has 0 spiro atoms. The van der Waals surface area contributed by atoms with Crippen LogP contribution in [0.25, 0.3) is 0 Å². The second-order valence-corrected chi connectivity index (χ2v) is 3.54. The van der Waals surface area contributed by atoms with E-state index in [-0.39, 0.29) is 5.97 Å². The Morgan fingerprint density at radius 1 is 1.60 bits per heavy atom. The molecule has 0 aliphatic heterocycles. The summed E-state index contributed by atoms with van der Waals surface area (Å²) in [5.41, 5.74) is 7.82. The standard InChI is InChI=1S/C11H16N2O2/c1-8-5-9(7-13-6-8)3-4-10(12)11(14)15-2/h5-7,10H,3-4,12H2,1-2H3. The molecule has 0 bridgehead atoms. The van der Waals surface area contributed by atoms with Crippen LogP contribution >= 0.6 is 0 Å². The Labute approximate surface area is 89.5 Å². The molecule has 4 nitrogen and oxygen atoms in total. The van der Waals surface area contributed by atoms with Crippen molar-refractivity contribution in [1.82, 2.24) is 4.98 Å². The lowest BCUT2D eigenvalue weighted by molar-refractivity contribution is -0.142. The zero-order chi connectivity index (χ0) is 11.3. The largest absolute Gasteiger partial charge is 0.468 e. The van der Waals surface area contributed by atoms with Gasteiger partial charge in [0.2, 0.25) is 0 Å². The third-order valence-electron chi connectivity index (χ3n) is 2.18. The van der Waals surface area contributed by atoms with E-state index in [9.17, 15) is 4.79 Å². The Balaban J connectivity index is 2.47. The molecule has 0 radical (unpaired) electrons. The number of nitrogens with zero attached hydrogens (tertiary/aromatic N) is 1. The van der Waals surface area contributed by atoms with Gasteiger partial charge in [-0.15, -0.1) is 0 Å². The first kappa shape index (κ1) is 11.7. The van der Waals surface area contributed by atoms with Crippen molar-refractivity contribution in [3.05, 3.63) is 29.6 Å². The van der Waals surface area contributed by atoms with E-state index in [0.717, 1.165) is 17.5 Å². The van der Waals surface area contributed by atoms with Gasteiger partial charge in [0, 0.05) is 12.4 Å². The number of pyridine rings is 1. The van der Waals surface area contributed by atoms with E-state index in [1.807, 2.05) is 13.0 Å². The highest BCUT2D eigenvalue weighted by Gasteiger charge is 2.13. The van der Waals surface area contributed by atoms with Gasteiger partial charge in [0.25, 0.3) is 0 Å². The van der Waals surface area contributed by atoms with Crippen LogP contribution in [0.15, 0.2) is 18.5 Å². The molecule has 0 aliphatic carbocycles. The van der Waals surface area contributed by atoms with Crippen molar-refractivity contribution in [3.8, 4) is 0 Å². The lowest BCUT2D eigenvalue weighted by Crippen LogP contribution is -2.31. The second-order valence-electron chi connectivity index (χ2n) is 3.54. The Morgan fingerprint density at radius 2 is 2.33 bits per heavy atom. The van der Waals surface area contributed by atoms with E-state index in [1.165, 1.54) is 7.11 Å². The van der Waals surface area contributed by atoms with E-state index in [2.05, 4.69) is 9.72 Å². The predicted molar refractivity (Wildman–Crippen MR) is 57.3 cm³/mol. The Kier molecular flexibility index (Phi) is 4.24. The van der Waals surface area contributed by atoms with E-state index in [4.69, 9.17) is 5.73 Å². The maximum atomic E-state index is 11.0. The summed E-state index contributed by atoms with van der Waals surface area (Å²) in [7, 11) is 1.34. The van der Waals surface area contributed by atoms with Gasteiger partial charge in [0.05, 0.1) is 7.11 Å². The van der Waals surface area contributed by atoms with Gasteiger partial charge >= 0.3 is 5.97 Å². The van der Waals surface area contributed by atoms with E-state index in [0.29, 0.717) is 6.42 Å². The summed E-state index contributed by atoms with van der Waals surface area (Å²) in [6, 6.07) is 1.49. The summed E-state index contributed by atoms with van der Waals surface area (Å²) in [6.07, 6.45) is 4.91. The zero-order valence-corrected chi connectivity index (χ0v) is 9.06. The van der Waals surface area contributed by atoms with Crippen LogP contribution in [0.4, 0.5) is 0 Å². The van der Waals surface area contributed by atoms with Crippen LogP contribution in [0.3, 0.4) is 0 Å². The van der Waals surface area contributed by atoms with Gasteiger partial charge in [0.15, 0.2) is 0 Å². The van der Waals surface area contributed by atoms with Crippen molar-refractivity contribution in [2.45, 2.75) is 25.8 Å². The Bertz CT molecular complexity index is 339. The fourth-order valence-electron chi connectivity index (χ4n) is 1.35. The number of methoxy groups -OCH3 is 1. The number of hydrogen-bond acceptors (Lipinski definition) is 4. The molecule has 82 valence electrons. The smallest absolute Gasteiger partial charge is 0.322 e. The number of ether oxygens (including phenoxy) is 1. The maximum Gasteiger partial charge on any atom is 0.322 e. The predicted octanol–water partition coefficient (Wildman–Crippen LogP) is 0.823. The number of rotatable bonds is 4. The topological polar surface area (TPSA) is 65.2 Å². The van der Waals surface area contributed by atoms with Crippen LogP contribution in [0, 0.1) is 6.92 Å². The quantitative estimate of drug-likeness (QED) is 0.744. The lowest BCUT2D eigenvalue weighted by Gasteiger charge is -2.08. The van der Waals surface area contributed by atoms with Gasteiger partial charge in [-0.05, 0) is 30.9 Å². The first-order valence-electron chi connectivity index (χ1n) is 4.87. The molecule has 0 aromatic carbocycles. The zero-order valence-electron chi connectivity index (χ0n) is 9.06. The summed E-state index contributed by atoms with van der Waals surface area (Å²) >= 11 is 0. The average Bonchev–Trinajstić information content (AvgIpc) is 2.25. The van der Waals surface area contributed by atoms with Crippen molar-refractivity contribution < 1.29 is 9.53 Å². The molecular formula is C11H16N2O2. The molecule has 4 heteroatoms. The lowest BCUT2D eigenvalue weighted by atomic mass is 10.1. The molecule has 2 N–H and O–H groups in total. The van der Waals surface area contributed by atoms with Crippen LogP contribution < -0.4 is 5.73 Å². The molecule has 15 heavy (non-hydrogen) atoms. The van der Waals surface area contributed by atoms with E-state index >= 15 is 0 Å². The van der Waals surface area contributed by atoms with E-state index in [1.54, 1.807) is 12.4 Å². The maximum absolute atomic E-state index is 11.0. The monoisotopic (exact) mass is 208 g/mol. The molecule has 1 atom stereocenters. The highest BCUT2D eigenvalue weighted by molar-refractivity contribution is 5.75. The summed E-state index contributed by atoms with van der Waals surface area (Å²) < 4.78 is 4.54. The van der Waals surface area contributed by atoms with Gasteiger partial charge in [-0.1, -0.05) is 6.07 Å². The van der Waals surface area contributed by atoms with Crippen molar-refractivity contribution >= 4 is 5.97 Å². The minimum absolute atomic E-state index is 0.365. The Morgan fingerprint density at radius 3 is 2.93 bits per heavy atom. The van der Waals surface area contributed by atoms with Crippen LogP contribution in [0.2, 0.25) is 0 Å². The summed E-state index contributed by atoms with van der Waals surface area (Å²) in [5.74, 6) is -0.365. The number of carbonyl (C=O) groups excluding carboxylic acids is 1. The average molecular weight is 208 g/mol. The van der Waals surface area contributed by atoms with Gasteiger partial charge in [0.1, 0.15) is 6.04 Å². The molecular weight excluding hydrogens is 192 g/mol. The summed E-state index contributed by atoms with van der Waals surface area (Å²) in [4.78, 5) is 15.1. The SMILES string of the molecule is COC(=O)C(N)CCc1cncc(C)c1. The third-order valence-corrected chi connectivity index (χ3v) is 2.18. The molecule has 0 amide bonds. The Hall–Kier alpha value is -1.42. The molecule has 1 rings (SSSR count). The molecule has 1 aromatic rings. The number of aromatic nitrogens is 1. The van der Waals surface area contributed by atoms with Crippen LogP contribution in [0.1, 0.15) is 17.5 Å². The van der Waals surface area contributed by atoms with Crippen molar-refractivity contribution in [2.75, 3.05) is 7.11 Å². The highest BCUT2D eigenvalue weighted by Crippen LogP contribution is 2.06. The first-order chi connectivity index (χ1) is 7.13. The summed E-state index contributed by atoms with van der Waals surface area (Å²) in [6.45, 7) is 1.98.